The van der Waals surface area contributed by atoms with E-state index in [2.05, 4.69) is 0 Å². The largest absolute Gasteiger partial charge is 0.329 e. The van der Waals surface area contributed by atoms with Crippen LogP contribution in [0.2, 0.25) is 0 Å². The maximum atomic E-state index is 13.2. The Hall–Kier alpha value is -0.540. The molecule has 1 rings (SSSR count). The molecular formula is C10H14FNS. The van der Waals surface area contributed by atoms with Gasteiger partial charge >= 0.3 is 0 Å². The first-order chi connectivity index (χ1) is 6.05. The highest BCUT2D eigenvalue weighted by Crippen LogP contribution is 2.32. The summed E-state index contributed by atoms with van der Waals surface area (Å²) in [6, 6.07) is 6.76. The lowest BCUT2D eigenvalue weighted by atomic mass is 10.2. The molecule has 0 aliphatic carbocycles. The van der Waals surface area contributed by atoms with E-state index in [1.807, 2.05) is 19.9 Å². The van der Waals surface area contributed by atoms with Crippen molar-refractivity contribution in [3.8, 4) is 0 Å². The Labute approximate surface area is 82.5 Å². The molecule has 0 spiro atoms. The summed E-state index contributed by atoms with van der Waals surface area (Å²) < 4.78 is 13.1. The van der Waals surface area contributed by atoms with Crippen LogP contribution in [0, 0.1) is 5.82 Å². The maximum Gasteiger partial charge on any atom is 0.136 e. The third kappa shape index (κ3) is 3.01. The Morgan fingerprint density at radius 3 is 2.54 bits per heavy atom. The second-order valence-electron chi connectivity index (χ2n) is 3.50. The molecule has 0 atom stereocenters. The number of halogens is 1. The Kier molecular flexibility index (Phi) is 3.33. The summed E-state index contributed by atoms with van der Waals surface area (Å²) in [4.78, 5) is 0.665. The van der Waals surface area contributed by atoms with E-state index < -0.39 is 0 Å². The third-order valence-electron chi connectivity index (χ3n) is 1.71. The van der Waals surface area contributed by atoms with Crippen LogP contribution in [-0.4, -0.2) is 11.3 Å². The molecule has 13 heavy (non-hydrogen) atoms. The minimum atomic E-state index is -0.172. The summed E-state index contributed by atoms with van der Waals surface area (Å²) in [7, 11) is 0. The molecule has 0 saturated heterocycles. The first-order valence-corrected chi connectivity index (χ1v) is 5.00. The van der Waals surface area contributed by atoms with E-state index in [-0.39, 0.29) is 10.6 Å². The normalized spacial score (nSPS) is 11.7. The van der Waals surface area contributed by atoms with Gasteiger partial charge in [-0.3, -0.25) is 0 Å². The average molecular weight is 199 g/mol. The van der Waals surface area contributed by atoms with Crippen molar-refractivity contribution in [1.82, 2.24) is 0 Å². The third-order valence-corrected chi connectivity index (χ3v) is 2.98. The Balaban J connectivity index is 2.80. The fourth-order valence-corrected chi connectivity index (χ4v) is 1.86. The van der Waals surface area contributed by atoms with Crippen molar-refractivity contribution in [2.45, 2.75) is 23.5 Å². The Morgan fingerprint density at radius 2 is 2.00 bits per heavy atom. The van der Waals surface area contributed by atoms with Crippen molar-refractivity contribution < 1.29 is 4.39 Å². The number of nitrogens with two attached hydrogens (primary N) is 1. The highest BCUT2D eigenvalue weighted by atomic mass is 32.2. The van der Waals surface area contributed by atoms with Gasteiger partial charge in [0.15, 0.2) is 0 Å². The number of rotatable bonds is 3. The van der Waals surface area contributed by atoms with Crippen LogP contribution in [0.4, 0.5) is 4.39 Å². The molecule has 1 aromatic rings. The molecule has 1 aromatic carbocycles. The Bertz CT molecular complexity index is 286. The van der Waals surface area contributed by atoms with Crippen molar-refractivity contribution >= 4 is 11.8 Å². The lowest BCUT2D eigenvalue weighted by molar-refractivity contribution is 0.599. The van der Waals surface area contributed by atoms with E-state index >= 15 is 0 Å². The van der Waals surface area contributed by atoms with Crippen LogP contribution in [0.1, 0.15) is 13.8 Å². The minimum absolute atomic E-state index is 0.109. The van der Waals surface area contributed by atoms with E-state index in [1.165, 1.54) is 17.8 Å². The molecule has 0 radical (unpaired) electrons. The maximum absolute atomic E-state index is 13.2. The van der Waals surface area contributed by atoms with E-state index in [0.717, 1.165) is 0 Å². The van der Waals surface area contributed by atoms with Gasteiger partial charge in [0.05, 0.1) is 0 Å². The summed E-state index contributed by atoms with van der Waals surface area (Å²) in [6.07, 6.45) is 0. The first kappa shape index (κ1) is 10.5. The van der Waals surface area contributed by atoms with E-state index in [1.54, 1.807) is 12.1 Å². The molecular weight excluding hydrogens is 185 g/mol. The van der Waals surface area contributed by atoms with E-state index in [4.69, 9.17) is 5.73 Å². The summed E-state index contributed by atoms with van der Waals surface area (Å²) in [5.74, 6) is -0.172. The quantitative estimate of drug-likeness (QED) is 0.757. The zero-order valence-corrected chi connectivity index (χ0v) is 8.70. The molecule has 0 bridgehead atoms. The highest BCUT2D eigenvalue weighted by molar-refractivity contribution is 8.00. The van der Waals surface area contributed by atoms with Gasteiger partial charge in [-0.25, -0.2) is 4.39 Å². The van der Waals surface area contributed by atoms with Gasteiger partial charge in [0.1, 0.15) is 5.82 Å². The van der Waals surface area contributed by atoms with Gasteiger partial charge in [0, 0.05) is 16.2 Å². The lowest BCUT2D eigenvalue weighted by Gasteiger charge is -2.21. The summed E-state index contributed by atoms with van der Waals surface area (Å²) in [5, 5.41) is 0. The molecule has 2 N–H and O–H groups in total. The van der Waals surface area contributed by atoms with Crippen molar-refractivity contribution in [1.29, 1.82) is 0 Å². The molecule has 3 heteroatoms. The second-order valence-corrected chi connectivity index (χ2v) is 5.25. The fourth-order valence-electron chi connectivity index (χ4n) is 0.867. The smallest absolute Gasteiger partial charge is 0.136 e. The monoisotopic (exact) mass is 199 g/mol. The highest BCUT2D eigenvalue weighted by Gasteiger charge is 2.18. The lowest BCUT2D eigenvalue weighted by Crippen LogP contribution is -2.26. The standard InChI is InChI=1S/C10H14FNS/c1-10(2,7-12)13-9-6-4-3-5-8(9)11/h3-6H,7,12H2,1-2H3. The van der Waals surface area contributed by atoms with Gasteiger partial charge in [-0.1, -0.05) is 12.1 Å². The summed E-state index contributed by atoms with van der Waals surface area (Å²) in [5.41, 5.74) is 5.56. The van der Waals surface area contributed by atoms with Gasteiger partial charge < -0.3 is 5.73 Å². The zero-order valence-electron chi connectivity index (χ0n) is 7.88. The molecule has 0 aliphatic rings. The molecule has 0 aliphatic heterocycles. The molecule has 72 valence electrons. The van der Waals surface area contributed by atoms with Crippen molar-refractivity contribution in [3.63, 3.8) is 0 Å². The van der Waals surface area contributed by atoms with Crippen molar-refractivity contribution in [2.24, 2.45) is 5.73 Å². The van der Waals surface area contributed by atoms with Gasteiger partial charge in [-0.05, 0) is 26.0 Å². The second kappa shape index (κ2) is 4.11. The molecule has 0 saturated carbocycles. The van der Waals surface area contributed by atoms with Crippen LogP contribution < -0.4 is 5.73 Å². The minimum Gasteiger partial charge on any atom is -0.329 e. The summed E-state index contributed by atoms with van der Waals surface area (Å²) >= 11 is 1.47. The summed E-state index contributed by atoms with van der Waals surface area (Å²) in [6.45, 7) is 4.54. The van der Waals surface area contributed by atoms with Gasteiger partial charge in [0.25, 0.3) is 0 Å². The zero-order chi connectivity index (χ0) is 9.90. The molecule has 0 amide bonds. The van der Waals surface area contributed by atoms with E-state index in [9.17, 15) is 4.39 Å². The van der Waals surface area contributed by atoms with Gasteiger partial charge in [-0.2, -0.15) is 0 Å². The topological polar surface area (TPSA) is 26.0 Å². The molecule has 0 heterocycles. The van der Waals surface area contributed by atoms with Crippen LogP contribution in [-0.2, 0) is 0 Å². The molecule has 0 aromatic heterocycles. The number of benzene rings is 1. The predicted molar refractivity (Wildman–Crippen MR) is 55.4 cm³/mol. The molecule has 0 unspecified atom stereocenters. The van der Waals surface area contributed by atoms with Crippen LogP contribution in [0.5, 0.6) is 0 Å². The number of hydrogen-bond acceptors (Lipinski definition) is 2. The van der Waals surface area contributed by atoms with Crippen molar-refractivity contribution in [2.75, 3.05) is 6.54 Å². The SMILES string of the molecule is CC(C)(CN)Sc1ccccc1F. The van der Waals surface area contributed by atoms with Crippen LogP contribution in [0.15, 0.2) is 29.2 Å². The predicted octanol–water partition coefficient (Wildman–Crippen LogP) is 2.66. The number of thioether (sulfide) groups is 1. The fraction of sp³-hybridized carbons (Fsp3) is 0.400. The van der Waals surface area contributed by atoms with Crippen molar-refractivity contribution in [3.05, 3.63) is 30.1 Å². The molecule has 0 fully saturated rings. The van der Waals surface area contributed by atoms with Gasteiger partial charge in [-0.15, -0.1) is 11.8 Å². The molecule has 1 nitrogen and oxygen atoms in total. The van der Waals surface area contributed by atoms with E-state index in [0.29, 0.717) is 11.4 Å². The van der Waals surface area contributed by atoms with Gasteiger partial charge in [0.2, 0.25) is 0 Å². The van der Waals surface area contributed by atoms with Crippen LogP contribution >= 0.6 is 11.8 Å². The first-order valence-electron chi connectivity index (χ1n) is 4.19. The Morgan fingerprint density at radius 1 is 1.38 bits per heavy atom. The van der Waals surface area contributed by atoms with Crippen LogP contribution in [0.3, 0.4) is 0 Å². The average Bonchev–Trinajstić information content (AvgIpc) is 2.09. The van der Waals surface area contributed by atoms with Crippen LogP contribution in [0.25, 0.3) is 0 Å². The number of hydrogen-bond donors (Lipinski definition) is 1.